The summed E-state index contributed by atoms with van der Waals surface area (Å²) in [6, 6.07) is 23.1. The van der Waals surface area contributed by atoms with Gasteiger partial charge in [-0.15, -0.1) is 0 Å². The van der Waals surface area contributed by atoms with Gasteiger partial charge >= 0.3 is 0 Å². The van der Waals surface area contributed by atoms with Crippen LogP contribution in [0.4, 0.5) is 17.1 Å². The van der Waals surface area contributed by atoms with Gasteiger partial charge < -0.3 is 5.32 Å². The number of benzene rings is 3. The van der Waals surface area contributed by atoms with Crippen molar-refractivity contribution in [3.8, 4) is 0 Å². The summed E-state index contributed by atoms with van der Waals surface area (Å²) in [6.45, 7) is 0. The molecule has 0 radical (unpaired) electrons. The molecule has 2 N–H and O–H groups in total. The van der Waals surface area contributed by atoms with Crippen molar-refractivity contribution >= 4 is 51.6 Å². The van der Waals surface area contributed by atoms with E-state index in [4.69, 9.17) is 0 Å². The van der Waals surface area contributed by atoms with Gasteiger partial charge in [-0.3, -0.25) is 10.0 Å². The number of aryl methyl sites for hydroxylation is 1. The van der Waals surface area contributed by atoms with Crippen LogP contribution in [-0.4, -0.2) is 11.1 Å². The highest BCUT2D eigenvalue weighted by Gasteiger charge is 2.19. The van der Waals surface area contributed by atoms with Crippen LogP contribution in [-0.2, 0) is 11.2 Å². The van der Waals surface area contributed by atoms with Gasteiger partial charge in [-0.1, -0.05) is 59.0 Å². The van der Waals surface area contributed by atoms with E-state index in [0.29, 0.717) is 14.7 Å². The molecule has 4 nitrogen and oxygen atoms in total. The number of amides is 1. The third-order valence-corrected chi connectivity index (χ3v) is 6.27. The number of halogens is 1. The summed E-state index contributed by atoms with van der Waals surface area (Å²) in [6.07, 6.45) is 5.38. The van der Waals surface area contributed by atoms with Gasteiger partial charge in [0.25, 0.3) is 5.91 Å². The van der Waals surface area contributed by atoms with Gasteiger partial charge in [0.15, 0.2) is 0 Å². The predicted octanol–water partition coefficient (Wildman–Crippen LogP) is 6.29. The van der Waals surface area contributed by atoms with Crippen molar-refractivity contribution in [1.29, 1.82) is 0 Å². The Morgan fingerprint density at radius 3 is 2.52 bits per heavy atom. The second-order valence-corrected chi connectivity index (χ2v) is 8.49. The van der Waals surface area contributed by atoms with E-state index in [9.17, 15) is 10.0 Å². The van der Waals surface area contributed by atoms with Gasteiger partial charge in [0.05, 0.1) is 5.69 Å². The molecule has 0 heterocycles. The first kappa shape index (κ1) is 19.7. The molecule has 1 atom stereocenters. The van der Waals surface area contributed by atoms with E-state index in [1.807, 2.05) is 42.5 Å². The molecule has 3 aromatic carbocycles. The molecule has 146 valence electrons. The maximum Gasteiger partial charge on any atom is 0.274 e. The minimum atomic E-state index is -0.499. The van der Waals surface area contributed by atoms with Gasteiger partial charge in [0.1, 0.15) is 0 Å². The first-order valence-electron chi connectivity index (χ1n) is 9.50. The van der Waals surface area contributed by atoms with Crippen molar-refractivity contribution < 1.29 is 10.0 Å². The van der Waals surface area contributed by atoms with Crippen LogP contribution in [0.25, 0.3) is 6.08 Å². The standard InChI is InChI=1S/C24H21IN2O2/c25-23-14-8-18-7-9-20(16-22(18)23)26-19-10-12-21(13-11-19)27(29)24(28)15-6-17-4-2-1-3-5-17/h1-7,9-13,15-16,23,26,29H,8,14H2/b15-6+. The summed E-state index contributed by atoms with van der Waals surface area (Å²) >= 11 is 2.50. The second kappa shape index (κ2) is 8.80. The summed E-state index contributed by atoms with van der Waals surface area (Å²) in [4.78, 5) is 12.2. The predicted molar refractivity (Wildman–Crippen MR) is 126 cm³/mol. The first-order valence-corrected chi connectivity index (χ1v) is 10.7. The zero-order valence-electron chi connectivity index (χ0n) is 15.8. The highest BCUT2D eigenvalue weighted by Crippen LogP contribution is 2.39. The van der Waals surface area contributed by atoms with Gasteiger partial charge in [0, 0.05) is 21.4 Å². The van der Waals surface area contributed by atoms with E-state index in [1.165, 1.54) is 23.6 Å². The van der Waals surface area contributed by atoms with E-state index >= 15 is 0 Å². The molecule has 1 aliphatic rings. The number of hydrogen-bond donors (Lipinski definition) is 2. The number of hydroxylamine groups is 1. The number of fused-ring (bicyclic) bond motifs is 1. The molecule has 1 amide bonds. The largest absolute Gasteiger partial charge is 0.356 e. The van der Waals surface area contributed by atoms with E-state index in [0.717, 1.165) is 23.4 Å². The highest BCUT2D eigenvalue weighted by molar-refractivity contribution is 14.1. The molecule has 5 heteroatoms. The monoisotopic (exact) mass is 496 g/mol. The maximum atomic E-state index is 12.2. The summed E-state index contributed by atoms with van der Waals surface area (Å²) in [5.41, 5.74) is 6.10. The van der Waals surface area contributed by atoms with Crippen LogP contribution in [0.2, 0.25) is 0 Å². The Balaban J connectivity index is 1.41. The lowest BCUT2D eigenvalue weighted by molar-refractivity contribution is -0.118. The second-order valence-electron chi connectivity index (χ2n) is 6.99. The lowest BCUT2D eigenvalue weighted by Crippen LogP contribution is -2.24. The first-order chi connectivity index (χ1) is 14.1. The number of carbonyl (C=O) groups excluding carboxylic acids is 1. The molecule has 0 bridgehead atoms. The normalized spacial score (nSPS) is 15.3. The minimum Gasteiger partial charge on any atom is -0.356 e. The van der Waals surface area contributed by atoms with Crippen LogP contribution in [0.3, 0.4) is 0 Å². The number of carbonyl (C=O) groups is 1. The van der Waals surface area contributed by atoms with E-state index in [-0.39, 0.29) is 0 Å². The van der Waals surface area contributed by atoms with Crippen molar-refractivity contribution in [1.82, 2.24) is 0 Å². The van der Waals surface area contributed by atoms with Crippen molar-refractivity contribution in [2.45, 2.75) is 16.8 Å². The number of rotatable bonds is 5. The maximum absolute atomic E-state index is 12.2. The molecule has 29 heavy (non-hydrogen) atoms. The van der Waals surface area contributed by atoms with Gasteiger partial charge in [-0.05, 0) is 72.0 Å². The van der Waals surface area contributed by atoms with E-state index in [1.54, 1.807) is 18.2 Å². The third-order valence-electron chi connectivity index (χ3n) is 4.98. The summed E-state index contributed by atoms with van der Waals surface area (Å²) in [7, 11) is 0. The molecule has 1 aliphatic carbocycles. The fourth-order valence-electron chi connectivity index (χ4n) is 3.41. The van der Waals surface area contributed by atoms with Crippen LogP contribution in [0.1, 0.15) is 27.0 Å². The van der Waals surface area contributed by atoms with Crippen LogP contribution >= 0.6 is 22.6 Å². The highest BCUT2D eigenvalue weighted by atomic mass is 127. The Morgan fingerprint density at radius 1 is 1.03 bits per heavy atom. The summed E-state index contributed by atoms with van der Waals surface area (Å²) in [5.74, 6) is -0.499. The molecular formula is C24H21IN2O2. The Hall–Kier alpha value is -2.64. The Morgan fingerprint density at radius 2 is 1.76 bits per heavy atom. The lowest BCUT2D eigenvalue weighted by Gasteiger charge is -2.14. The summed E-state index contributed by atoms with van der Waals surface area (Å²) < 4.78 is 0.574. The zero-order valence-corrected chi connectivity index (χ0v) is 17.9. The number of nitrogens with zero attached hydrogens (tertiary/aromatic N) is 1. The van der Waals surface area contributed by atoms with Crippen molar-refractivity contribution in [2.75, 3.05) is 10.4 Å². The molecule has 0 aliphatic heterocycles. The van der Waals surface area contributed by atoms with Crippen molar-refractivity contribution in [3.05, 3.63) is 95.6 Å². The molecule has 0 fully saturated rings. The number of alkyl halides is 1. The minimum absolute atomic E-state index is 0.416. The molecule has 0 saturated heterocycles. The molecular weight excluding hydrogens is 475 g/mol. The molecule has 1 unspecified atom stereocenters. The van der Waals surface area contributed by atoms with Crippen LogP contribution in [0, 0.1) is 0 Å². The molecule has 0 saturated carbocycles. The molecule has 3 aromatic rings. The molecule has 0 spiro atoms. The smallest absolute Gasteiger partial charge is 0.274 e. The summed E-state index contributed by atoms with van der Waals surface area (Å²) in [5, 5.41) is 14.2. The quantitative estimate of drug-likeness (QED) is 0.144. The average Bonchev–Trinajstić information content (AvgIpc) is 3.13. The topological polar surface area (TPSA) is 52.6 Å². The zero-order chi connectivity index (χ0) is 20.2. The van der Waals surface area contributed by atoms with E-state index < -0.39 is 5.91 Å². The Labute approximate surface area is 184 Å². The number of nitrogens with one attached hydrogen (secondary N) is 1. The average molecular weight is 496 g/mol. The number of anilines is 3. The fraction of sp³-hybridized carbons (Fsp3) is 0.125. The Kier molecular flexibility index (Phi) is 5.97. The molecule has 0 aromatic heterocycles. The fourth-order valence-corrected chi connectivity index (χ4v) is 4.30. The SMILES string of the molecule is O=C(/C=C/c1ccccc1)N(O)c1ccc(Nc2ccc3c(c2)C(I)CC3)cc1. The third kappa shape index (κ3) is 4.68. The van der Waals surface area contributed by atoms with Gasteiger partial charge in [-0.25, -0.2) is 0 Å². The van der Waals surface area contributed by atoms with Crippen molar-refractivity contribution in [2.24, 2.45) is 0 Å². The van der Waals surface area contributed by atoms with Gasteiger partial charge in [0.2, 0.25) is 0 Å². The molecule has 4 rings (SSSR count). The number of hydrogen-bond acceptors (Lipinski definition) is 3. The van der Waals surface area contributed by atoms with Gasteiger partial charge in [-0.2, -0.15) is 5.06 Å². The van der Waals surface area contributed by atoms with E-state index in [2.05, 4.69) is 46.1 Å². The van der Waals surface area contributed by atoms with Crippen LogP contribution < -0.4 is 10.4 Å². The van der Waals surface area contributed by atoms with Crippen LogP contribution in [0.5, 0.6) is 0 Å². The lowest BCUT2D eigenvalue weighted by atomic mass is 10.1. The van der Waals surface area contributed by atoms with Crippen LogP contribution in [0.15, 0.2) is 78.9 Å². The Bertz CT molecular complexity index is 1030. The van der Waals surface area contributed by atoms with Crippen molar-refractivity contribution in [3.63, 3.8) is 0 Å².